The highest BCUT2D eigenvalue weighted by molar-refractivity contribution is 5.26. The van der Waals surface area contributed by atoms with E-state index in [0.717, 1.165) is 5.56 Å². The van der Waals surface area contributed by atoms with Gasteiger partial charge in [0.25, 0.3) is 0 Å². The van der Waals surface area contributed by atoms with E-state index in [9.17, 15) is 0 Å². The fourth-order valence-corrected chi connectivity index (χ4v) is 0.435. The zero-order chi connectivity index (χ0) is 5.82. The molecule has 0 N–H and O–H groups in total. The summed E-state index contributed by atoms with van der Waals surface area (Å²) in [5, 5.41) is 0. The zero-order valence-corrected chi connectivity index (χ0v) is 4.26. The third-order valence-corrected chi connectivity index (χ3v) is 0.825. The Hall–Kier alpha value is -1.29. The van der Waals surface area contributed by atoms with Gasteiger partial charge in [-0.25, -0.2) is 0 Å². The van der Waals surface area contributed by atoms with Gasteiger partial charge in [0, 0.05) is 18.0 Å². The van der Waals surface area contributed by atoms with Gasteiger partial charge in [-0.15, -0.1) is 0 Å². The van der Waals surface area contributed by atoms with Crippen molar-refractivity contribution in [2.75, 3.05) is 0 Å². The standard InChI is InChI=1S/C7H4N/c1-2-7-3-5-8-6-4-7/h3-6H. The lowest BCUT2D eigenvalue weighted by atomic mass is 10.3. The normalized spacial score (nSPS) is 7.88. The molecule has 1 heterocycles. The molecule has 0 unspecified atom stereocenters. The van der Waals surface area contributed by atoms with E-state index in [1.54, 1.807) is 24.5 Å². The highest BCUT2D eigenvalue weighted by atomic mass is 14.6. The molecule has 0 fully saturated rings. The molecular weight excluding hydrogens is 98.1 g/mol. The van der Waals surface area contributed by atoms with Crippen molar-refractivity contribution >= 4 is 0 Å². The maximum absolute atomic E-state index is 6.67. The predicted molar refractivity (Wildman–Crippen MR) is 30.5 cm³/mol. The molecule has 1 radical (unpaired) electrons. The van der Waals surface area contributed by atoms with Crippen molar-refractivity contribution in [3.8, 4) is 5.92 Å². The van der Waals surface area contributed by atoms with E-state index in [0.29, 0.717) is 0 Å². The minimum Gasteiger partial charge on any atom is -0.265 e. The van der Waals surface area contributed by atoms with Crippen LogP contribution in [0.2, 0.25) is 0 Å². The van der Waals surface area contributed by atoms with Crippen LogP contribution in [0, 0.1) is 12.3 Å². The van der Waals surface area contributed by atoms with Crippen LogP contribution in [0.15, 0.2) is 24.5 Å². The van der Waals surface area contributed by atoms with Crippen LogP contribution >= 0.6 is 0 Å². The average molecular weight is 102 g/mol. The molecule has 0 bridgehead atoms. The topological polar surface area (TPSA) is 12.9 Å². The van der Waals surface area contributed by atoms with Gasteiger partial charge in [0.1, 0.15) is 0 Å². The second kappa shape index (κ2) is 2.13. The molecule has 0 spiro atoms. The molecule has 1 nitrogen and oxygen atoms in total. The van der Waals surface area contributed by atoms with E-state index in [4.69, 9.17) is 6.42 Å². The second-order valence-electron chi connectivity index (χ2n) is 1.36. The summed E-state index contributed by atoms with van der Waals surface area (Å²) < 4.78 is 0. The fraction of sp³-hybridized carbons (Fsp3) is 0. The Morgan fingerprint density at radius 1 is 1.38 bits per heavy atom. The summed E-state index contributed by atoms with van der Waals surface area (Å²) in [6.07, 6.45) is 9.94. The average Bonchev–Trinajstić information content (AvgIpc) is 1.90. The molecule has 1 rings (SSSR count). The van der Waals surface area contributed by atoms with Gasteiger partial charge in [-0.2, -0.15) is 0 Å². The van der Waals surface area contributed by atoms with E-state index in [2.05, 4.69) is 10.9 Å². The van der Waals surface area contributed by atoms with Crippen LogP contribution in [0.4, 0.5) is 0 Å². The zero-order valence-electron chi connectivity index (χ0n) is 4.26. The van der Waals surface area contributed by atoms with Crippen LogP contribution in [-0.2, 0) is 0 Å². The first kappa shape index (κ1) is 4.86. The number of nitrogens with zero attached hydrogens (tertiary/aromatic N) is 1. The Kier molecular flexibility index (Phi) is 1.29. The van der Waals surface area contributed by atoms with Gasteiger partial charge in [-0.05, 0) is 18.6 Å². The molecule has 1 aromatic heterocycles. The first-order chi connectivity index (χ1) is 3.93. The summed E-state index contributed by atoms with van der Waals surface area (Å²) in [6.45, 7) is 0. The van der Waals surface area contributed by atoms with Gasteiger partial charge in [-0.3, -0.25) is 4.98 Å². The molecule has 0 aliphatic rings. The highest BCUT2D eigenvalue weighted by Gasteiger charge is 1.77. The van der Waals surface area contributed by atoms with E-state index in [1.165, 1.54) is 0 Å². The Morgan fingerprint density at radius 2 is 2.00 bits per heavy atom. The predicted octanol–water partition coefficient (Wildman–Crippen LogP) is 1.02. The van der Waals surface area contributed by atoms with Crippen LogP contribution in [0.25, 0.3) is 0 Å². The fourth-order valence-electron chi connectivity index (χ4n) is 0.435. The second-order valence-corrected chi connectivity index (χ2v) is 1.36. The molecule has 0 aromatic carbocycles. The number of hydrogen-bond acceptors (Lipinski definition) is 1. The number of pyridine rings is 1. The van der Waals surface area contributed by atoms with Crippen molar-refractivity contribution < 1.29 is 0 Å². The van der Waals surface area contributed by atoms with Gasteiger partial charge in [0.05, 0.1) is 0 Å². The van der Waals surface area contributed by atoms with Crippen molar-refractivity contribution in [1.82, 2.24) is 4.98 Å². The maximum Gasteiger partial charge on any atom is 0.0286 e. The summed E-state index contributed by atoms with van der Waals surface area (Å²) in [4.78, 5) is 3.77. The van der Waals surface area contributed by atoms with Crippen molar-refractivity contribution in [1.29, 1.82) is 0 Å². The van der Waals surface area contributed by atoms with Gasteiger partial charge < -0.3 is 0 Å². The summed E-state index contributed by atoms with van der Waals surface area (Å²) >= 11 is 0. The van der Waals surface area contributed by atoms with Crippen LogP contribution in [0.5, 0.6) is 0 Å². The van der Waals surface area contributed by atoms with Crippen LogP contribution < -0.4 is 0 Å². The molecule has 0 atom stereocenters. The molecule has 37 valence electrons. The third kappa shape index (κ3) is 0.855. The number of aromatic nitrogens is 1. The highest BCUT2D eigenvalue weighted by Crippen LogP contribution is 1.89. The van der Waals surface area contributed by atoms with E-state index in [-0.39, 0.29) is 0 Å². The molecule has 0 amide bonds. The minimum absolute atomic E-state index is 0.764. The summed E-state index contributed by atoms with van der Waals surface area (Å²) in [7, 11) is 0. The maximum atomic E-state index is 6.67. The monoisotopic (exact) mass is 102 g/mol. The molecule has 0 aliphatic carbocycles. The summed E-state index contributed by atoms with van der Waals surface area (Å²) in [5.74, 6) is 2.24. The third-order valence-electron chi connectivity index (χ3n) is 0.825. The molecule has 1 aromatic rings. The van der Waals surface area contributed by atoms with Crippen LogP contribution in [0.1, 0.15) is 5.56 Å². The van der Waals surface area contributed by atoms with Gasteiger partial charge in [0.2, 0.25) is 0 Å². The summed E-state index contributed by atoms with van der Waals surface area (Å²) in [6, 6.07) is 3.46. The van der Waals surface area contributed by atoms with E-state index in [1.807, 2.05) is 0 Å². The Morgan fingerprint density at radius 3 is 2.38 bits per heavy atom. The number of hydrogen-bond donors (Lipinski definition) is 0. The molecule has 1 heteroatoms. The van der Waals surface area contributed by atoms with Gasteiger partial charge in [-0.1, -0.05) is 5.92 Å². The van der Waals surface area contributed by atoms with Crippen molar-refractivity contribution in [2.24, 2.45) is 0 Å². The Balaban J connectivity index is 3.05. The Bertz CT molecular complexity index is 195. The first-order valence-corrected chi connectivity index (χ1v) is 2.26. The SMILES string of the molecule is [C]#Cc1ccncc1. The van der Waals surface area contributed by atoms with Crippen molar-refractivity contribution in [3.63, 3.8) is 0 Å². The van der Waals surface area contributed by atoms with E-state index >= 15 is 0 Å². The summed E-state index contributed by atoms with van der Waals surface area (Å²) in [5.41, 5.74) is 0.764. The quantitative estimate of drug-likeness (QED) is 0.446. The lowest BCUT2D eigenvalue weighted by Crippen LogP contribution is -1.71. The van der Waals surface area contributed by atoms with Gasteiger partial charge in [0.15, 0.2) is 0 Å². The minimum atomic E-state index is 0.764. The lowest BCUT2D eigenvalue weighted by Gasteiger charge is -1.81. The van der Waals surface area contributed by atoms with Crippen LogP contribution in [-0.4, -0.2) is 4.98 Å². The van der Waals surface area contributed by atoms with Crippen LogP contribution in [0.3, 0.4) is 0 Å². The molecule has 0 saturated heterocycles. The largest absolute Gasteiger partial charge is 0.265 e. The van der Waals surface area contributed by atoms with E-state index < -0.39 is 0 Å². The smallest absolute Gasteiger partial charge is 0.0286 e. The molecule has 0 aliphatic heterocycles. The Labute approximate surface area is 48.4 Å². The molecule has 8 heavy (non-hydrogen) atoms. The van der Waals surface area contributed by atoms with Crippen molar-refractivity contribution in [2.45, 2.75) is 0 Å². The lowest BCUT2D eigenvalue weighted by molar-refractivity contribution is 1.32. The van der Waals surface area contributed by atoms with Gasteiger partial charge >= 0.3 is 0 Å². The molecule has 0 saturated carbocycles. The number of rotatable bonds is 0. The first-order valence-electron chi connectivity index (χ1n) is 2.26. The molecular formula is C7H4N. The van der Waals surface area contributed by atoms with Crippen molar-refractivity contribution in [3.05, 3.63) is 36.5 Å².